The van der Waals surface area contributed by atoms with Gasteiger partial charge in [0.15, 0.2) is 0 Å². The zero-order valence-corrected chi connectivity index (χ0v) is 16.2. The molecule has 1 saturated heterocycles. The molecule has 1 fully saturated rings. The van der Waals surface area contributed by atoms with E-state index in [2.05, 4.69) is 22.5 Å². The Bertz CT molecular complexity index is 925. The van der Waals surface area contributed by atoms with Crippen LogP contribution in [0.2, 0.25) is 0 Å². The fraction of sp³-hybridized carbons (Fsp3) is 0.318. The topological polar surface area (TPSA) is 80.4 Å². The summed E-state index contributed by atoms with van der Waals surface area (Å²) in [6, 6.07) is 11.7. The number of carbonyl (C=O) groups is 2. The van der Waals surface area contributed by atoms with Gasteiger partial charge in [0.05, 0.1) is 17.5 Å². The SMILES string of the molecule is O=C(NCCc1ccc(-n2cccn2)cc1)C1CCN(C(=O)c2ccoc2)CC1. The second-order valence-corrected chi connectivity index (χ2v) is 7.24. The lowest BCUT2D eigenvalue weighted by Gasteiger charge is -2.31. The molecule has 7 heteroatoms. The van der Waals surface area contributed by atoms with E-state index < -0.39 is 0 Å². The van der Waals surface area contributed by atoms with Crippen LogP contribution in [0.25, 0.3) is 5.69 Å². The Morgan fingerprint density at radius 2 is 1.93 bits per heavy atom. The van der Waals surface area contributed by atoms with Crippen molar-refractivity contribution in [3.05, 3.63) is 72.4 Å². The Balaban J connectivity index is 1.20. The molecule has 0 radical (unpaired) electrons. The molecule has 0 spiro atoms. The number of nitrogens with zero attached hydrogens (tertiary/aromatic N) is 3. The molecule has 4 rings (SSSR count). The number of piperidine rings is 1. The van der Waals surface area contributed by atoms with Crippen molar-refractivity contribution in [3.63, 3.8) is 0 Å². The number of benzene rings is 1. The average Bonchev–Trinajstić information content (AvgIpc) is 3.48. The Labute approximate surface area is 169 Å². The van der Waals surface area contributed by atoms with Crippen LogP contribution in [0.3, 0.4) is 0 Å². The van der Waals surface area contributed by atoms with Gasteiger partial charge >= 0.3 is 0 Å². The lowest BCUT2D eigenvalue weighted by atomic mass is 9.95. The van der Waals surface area contributed by atoms with Crippen molar-refractivity contribution in [1.82, 2.24) is 20.0 Å². The van der Waals surface area contributed by atoms with Gasteiger partial charge in [-0.05, 0) is 49.1 Å². The molecule has 3 heterocycles. The minimum absolute atomic E-state index is 0.0313. The maximum absolute atomic E-state index is 12.5. The molecule has 7 nitrogen and oxygen atoms in total. The monoisotopic (exact) mass is 392 g/mol. The Hall–Kier alpha value is -3.35. The van der Waals surface area contributed by atoms with Gasteiger partial charge in [0.1, 0.15) is 6.26 Å². The van der Waals surface area contributed by atoms with Crippen molar-refractivity contribution in [2.24, 2.45) is 5.92 Å². The van der Waals surface area contributed by atoms with Crippen LogP contribution in [-0.2, 0) is 11.2 Å². The van der Waals surface area contributed by atoms with Crippen LogP contribution in [0, 0.1) is 5.92 Å². The van der Waals surface area contributed by atoms with Gasteiger partial charge in [0, 0.05) is 37.9 Å². The van der Waals surface area contributed by atoms with Gasteiger partial charge in [-0.15, -0.1) is 0 Å². The number of rotatable bonds is 6. The first-order valence-electron chi connectivity index (χ1n) is 9.89. The minimum atomic E-state index is -0.0365. The van der Waals surface area contributed by atoms with Crippen LogP contribution >= 0.6 is 0 Å². The molecule has 2 aromatic heterocycles. The van der Waals surface area contributed by atoms with Crippen molar-refractivity contribution < 1.29 is 14.0 Å². The summed E-state index contributed by atoms with van der Waals surface area (Å²) in [7, 11) is 0. The van der Waals surface area contributed by atoms with E-state index in [0.29, 0.717) is 38.0 Å². The van der Waals surface area contributed by atoms with Crippen LogP contribution in [0.15, 0.2) is 65.7 Å². The number of likely N-dealkylation sites (tertiary alicyclic amines) is 1. The average molecular weight is 392 g/mol. The van der Waals surface area contributed by atoms with Crippen molar-refractivity contribution in [3.8, 4) is 5.69 Å². The van der Waals surface area contributed by atoms with E-state index in [4.69, 9.17) is 4.42 Å². The summed E-state index contributed by atoms with van der Waals surface area (Å²) in [5.74, 6) is 0.00956. The fourth-order valence-corrected chi connectivity index (χ4v) is 3.62. The molecular weight excluding hydrogens is 368 g/mol. The van der Waals surface area contributed by atoms with Gasteiger partial charge in [-0.25, -0.2) is 4.68 Å². The largest absolute Gasteiger partial charge is 0.472 e. The lowest BCUT2D eigenvalue weighted by Crippen LogP contribution is -2.43. The van der Waals surface area contributed by atoms with Gasteiger partial charge in [-0.2, -0.15) is 5.10 Å². The lowest BCUT2D eigenvalue weighted by molar-refractivity contribution is -0.126. The predicted molar refractivity (Wildman–Crippen MR) is 108 cm³/mol. The van der Waals surface area contributed by atoms with E-state index in [0.717, 1.165) is 12.1 Å². The third-order valence-electron chi connectivity index (χ3n) is 5.34. The van der Waals surface area contributed by atoms with E-state index in [9.17, 15) is 9.59 Å². The maximum atomic E-state index is 12.5. The third-order valence-corrected chi connectivity index (χ3v) is 5.34. The van der Waals surface area contributed by atoms with E-state index >= 15 is 0 Å². The summed E-state index contributed by atoms with van der Waals surface area (Å²) in [5.41, 5.74) is 2.74. The standard InChI is InChI=1S/C22H24N4O3/c27-21(18-7-13-25(14-8-18)22(28)19-9-15-29-16-19)23-11-6-17-2-4-20(5-3-17)26-12-1-10-24-26/h1-5,9-10,12,15-16,18H,6-8,11,13-14H2,(H,23,27). The Morgan fingerprint density at radius 1 is 1.14 bits per heavy atom. The fourth-order valence-electron chi connectivity index (χ4n) is 3.62. The van der Waals surface area contributed by atoms with Gasteiger partial charge in [0.25, 0.3) is 5.91 Å². The molecule has 0 atom stereocenters. The summed E-state index contributed by atoms with van der Waals surface area (Å²) in [6.45, 7) is 1.79. The predicted octanol–water partition coefficient (Wildman–Crippen LogP) is 2.68. The summed E-state index contributed by atoms with van der Waals surface area (Å²) in [6.07, 6.45) is 8.77. The normalized spacial score (nSPS) is 14.7. The summed E-state index contributed by atoms with van der Waals surface area (Å²) in [5, 5.41) is 7.25. The highest BCUT2D eigenvalue weighted by atomic mass is 16.3. The number of hydrogen-bond donors (Lipinski definition) is 1. The molecule has 0 saturated carbocycles. The molecule has 29 heavy (non-hydrogen) atoms. The zero-order chi connectivity index (χ0) is 20.1. The molecule has 0 aliphatic carbocycles. The van der Waals surface area contributed by atoms with E-state index in [-0.39, 0.29) is 17.7 Å². The second kappa shape index (κ2) is 8.77. The Morgan fingerprint density at radius 3 is 2.59 bits per heavy atom. The van der Waals surface area contributed by atoms with Crippen molar-refractivity contribution in [2.75, 3.05) is 19.6 Å². The van der Waals surface area contributed by atoms with Crippen LogP contribution in [0.4, 0.5) is 0 Å². The first-order chi connectivity index (χ1) is 14.2. The van der Waals surface area contributed by atoms with Crippen LogP contribution in [0.5, 0.6) is 0 Å². The van der Waals surface area contributed by atoms with Crippen LogP contribution in [-0.4, -0.2) is 46.1 Å². The van der Waals surface area contributed by atoms with Crippen molar-refractivity contribution in [2.45, 2.75) is 19.3 Å². The van der Waals surface area contributed by atoms with Crippen molar-refractivity contribution in [1.29, 1.82) is 0 Å². The molecule has 1 aliphatic heterocycles. The first-order valence-corrected chi connectivity index (χ1v) is 9.89. The maximum Gasteiger partial charge on any atom is 0.257 e. The quantitative estimate of drug-likeness (QED) is 0.699. The summed E-state index contributed by atoms with van der Waals surface area (Å²) < 4.78 is 6.79. The van der Waals surface area contributed by atoms with E-state index in [1.807, 2.05) is 29.1 Å². The minimum Gasteiger partial charge on any atom is -0.472 e. The van der Waals surface area contributed by atoms with Gasteiger partial charge < -0.3 is 14.6 Å². The second-order valence-electron chi connectivity index (χ2n) is 7.24. The number of aromatic nitrogens is 2. The molecule has 3 aromatic rings. The number of carbonyl (C=O) groups excluding carboxylic acids is 2. The number of furan rings is 1. The van der Waals surface area contributed by atoms with Crippen molar-refractivity contribution >= 4 is 11.8 Å². The molecular formula is C22H24N4O3. The highest BCUT2D eigenvalue weighted by Crippen LogP contribution is 2.19. The van der Waals surface area contributed by atoms with E-state index in [1.54, 1.807) is 17.2 Å². The molecule has 1 N–H and O–H groups in total. The van der Waals surface area contributed by atoms with Crippen LogP contribution in [0.1, 0.15) is 28.8 Å². The first kappa shape index (κ1) is 19.0. The molecule has 1 aromatic carbocycles. The molecule has 0 bridgehead atoms. The number of hydrogen-bond acceptors (Lipinski definition) is 4. The number of amides is 2. The highest BCUT2D eigenvalue weighted by molar-refractivity contribution is 5.94. The summed E-state index contributed by atoms with van der Waals surface area (Å²) in [4.78, 5) is 26.6. The Kier molecular flexibility index (Phi) is 5.74. The number of nitrogens with one attached hydrogen (secondary N) is 1. The summed E-state index contributed by atoms with van der Waals surface area (Å²) >= 11 is 0. The van der Waals surface area contributed by atoms with E-state index in [1.165, 1.54) is 18.1 Å². The van der Waals surface area contributed by atoms with Gasteiger partial charge in [-0.1, -0.05) is 12.1 Å². The van der Waals surface area contributed by atoms with Gasteiger partial charge in [-0.3, -0.25) is 9.59 Å². The third kappa shape index (κ3) is 4.56. The highest BCUT2D eigenvalue weighted by Gasteiger charge is 2.27. The molecule has 1 aliphatic rings. The molecule has 0 unspecified atom stereocenters. The van der Waals surface area contributed by atoms with Crippen LogP contribution < -0.4 is 5.32 Å². The molecule has 2 amide bonds. The van der Waals surface area contributed by atoms with Gasteiger partial charge in [0.2, 0.25) is 5.91 Å². The molecule has 150 valence electrons. The zero-order valence-electron chi connectivity index (χ0n) is 16.2. The smallest absolute Gasteiger partial charge is 0.257 e.